The van der Waals surface area contributed by atoms with Crippen LogP contribution in [0.2, 0.25) is 0 Å². The molecular weight excluding hydrogens is 299 g/mol. The zero-order chi connectivity index (χ0) is 15.7. The second kappa shape index (κ2) is 5.75. The van der Waals surface area contributed by atoms with E-state index in [1.54, 1.807) is 6.92 Å². The lowest BCUT2D eigenvalue weighted by molar-refractivity contribution is 0.317. The van der Waals surface area contributed by atoms with Gasteiger partial charge in [-0.15, -0.1) is 0 Å². The number of halogens is 1. The van der Waals surface area contributed by atoms with E-state index in [9.17, 15) is 12.8 Å². The second-order valence-electron chi connectivity index (χ2n) is 5.71. The average molecular weight is 318 g/mol. The fraction of sp³-hybridized carbons (Fsp3) is 0.462. The van der Waals surface area contributed by atoms with Gasteiger partial charge in [-0.3, -0.25) is 0 Å². The highest BCUT2D eigenvalue weighted by atomic mass is 32.2. The molecule has 0 amide bonds. The van der Waals surface area contributed by atoms with E-state index >= 15 is 0 Å². The van der Waals surface area contributed by atoms with Gasteiger partial charge in [0.05, 0.1) is 4.90 Å². The van der Waals surface area contributed by atoms with Crippen molar-refractivity contribution in [3.05, 3.63) is 29.6 Å². The highest BCUT2D eigenvalue weighted by molar-refractivity contribution is 7.89. The van der Waals surface area contributed by atoms with E-state index in [4.69, 9.17) is 18.0 Å². The van der Waals surface area contributed by atoms with E-state index in [1.165, 1.54) is 6.07 Å². The van der Waals surface area contributed by atoms with Crippen LogP contribution in [0.5, 0.6) is 0 Å². The third-order valence-electron chi connectivity index (χ3n) is 3.14. The minimum absolute atomic E-state index is 0.0576. The van der Waals surface area contributed by atoms with E-state index in [0.717, 1.165) is 12.1 Å². The molecule has 3 N–H and O–H groups in total. The first-order valence-corrected chi connectivity index (χ1v) is 7.96. The Hall–Kier alpha value is -1.05. The summed E-state index contributed by atoms with van der Waals surface area (Å²) in [5.74, 6) is -0.639. The Balaban J connectivity index is 3.17. The Kier molecular flexibility index (Phi) is 4.89. The Morgan fingerprint density at radius 1 is 1.40 bits per heavy atom. The summed E-state index contributed by atoms with van der Waals surface area (Å²) in [6, 6.07) is 3.10. The van der Waals surface area contributed by atoms with Gasteiger partial charge < -0.3 is 5.73 Å². The molecule has 20 heavy (non-hydrogen) atoms. The molecule has 0 bridgehead atoms. The smallest absolute Gasteiger partial charge is 0.240 e. The molecule has 1 atom stereocenters. The number of nitrogens with one attached hydrogen (secondary N) is 1. The maximum atomic E-state index is 13.5. The van der Waals surface area contributed by atoms with Crippen LogP contribution in [0.15, 0.2) is 23.1 Å². The summed E-state index contributed by atoms with van der Waals surface area (Å²) in [5.41, 5.74) is 5.06. The van der Waals surface area contributed by atoms with E-state index in [2.05, 4.69) is 4.72 Å². The number of sulfonamides is 1. The van der Waals surface area contributed by atoms with Gasteiger partial charge in [0, 0.05) is 11.6 Å². The minimum atomic E-state index is -3.75. The molecule has 1 rings (SSSR count). The summed E-state index contributed by atoms with van der Waals surface area (Å²) in [4.78, 5) is -0.235. The van der Waals surface area contributed by atoms with Crippen molar-refractivity contribution in [2.24, 2.45) is 11.1 Å². The molecule has 1 unspecified atom stereocenters. The van der Waals surface area contributed by atoms with Crippen LogP contribution < -0.4 is 10.5 Å². The van der Waals surface area contributed by atoms with E-state index in [-0.39, 0.29) is 26.9 Å². The summed E-state index contributed by atoms with van der Waals surface area (Å²) in [6.45, 7) is 7.54. The largest absolute Gasteiger partial charge is 0.389 e. The third kappa shape index (κ3) is 3.97. The first-order valence-electron chi connectivity index (χ1n) is 6.07. The van der Waals surface area contributed by atoms with Gasteiger partial charge in [0.2, 0.25) is 10.0 Å². The van der Waals surface area contributed by atoms with E-state index < -0.39 is 15.8 Å². The minimum Gasteiger partial charge on any atom is -0.389 e. The molecule has 0 aliphatic rings. The van der Waals surface area contributed by atoms with Crippen LogP contribution in [0.3, 0.4) is 0 Å². The van der Waals surface area contributed by atoms with Gasteiger partial charge in [0.1, 0.15) is 10.8 Å². The Morgan fingerprint density at radius 3 is 2.40 bits per heavy atom. The number of nitrogens with two attached hydrogens (primary N) is 1. The highest BCUT2D eigenvalue weighted by Gasteiger charge is 2.26. The molecule has 0 radical (unpaired) electrons. The molecule has 0 saturated carbocycles. The number of benzene rings is 1. The molecule has 0 fully saturated rings. The standard InChI is InChI=1S/C13H19FN2O2S2/c1-8(13(2,3)4)16-20(17,18)9-5-6-11(14)10(7-9)12(15)19/h5-8,16H,1-4H3,(H2,15,19). The zero-order valence-electron chi connectivity index (χ0n) is 11.9. The van der Waals surface area contributed by atoms with Gasteiger partial charge in [-0.05, 0) is 30.5 Å². The van der Waals surface area contributed by atoms with Crippen LogP contribution in [0.4, 0.5) is 4.39 Å². The van der Waals surface area contributed by atoms with Crippen LogP contribution >= 0.6 is 12.2 Å². The van der Waals surface area contributed by atoms with Crippen molar-refractivity contribution in [2.45, 2.75) is 38.6 Å². The van der Waals surface area contributed by atoms with Crippen molar-refractivity contribution >= 4 is 27.2 Å². The first kappa shape index (κ1) is 17.0. The molecule has 1 aromatic rings. The Labute approximate surface area is 124 Å². The van der Waals surface area contributed by atoms with Crippen molar-refractivity contribution in [3.63, 3.8) is 0 Å². The van der Waals surface area contributed by atoms with Gasteiger partial charge in [0.15, 0.2) is 0 Å². The lowest BCUT2D eigenvalue weighted by atomic mass is 9.89. The summed E-state index contributed by atoms with van der Waals surface area (Å²) in [7, 11) is -3.75. The predicted molar refractivity (Wildman–Crippen MR) is 81.5 cm³/mol. The van der Waals surface area contributed by atoms with E-state index in [1.807, 2.05) is 20.8 Å². The van der Waals surface area contributed by atoms with Crippen molar-refractivity contribution in [1.29, 1.82) is 0 Å². The fourth-order valence-corrected chi connectivity index (χ4v) is 2.97. The Morgan fingerprint density at radius 2 is 1.95 bits per heavy atom. The second-order valence-corrected chi connectivity index (χ2v) is 7.87. The van der Waals surface area contributed by atoms with E-state index in [0.29, 0.717) is 0 Å². The van der Waals surface area contributed by atoms with Crippen LogP contribution in [-0.2, 0) is 10.0 Å². The molecular formula is C13H19FN2O2S2. The highest BCUT2D eigenvalue weighted by Crippen LogP contribution is 2.22. The zero-order valence-corrected chi connectivity index (χ0v) is 13.5. The summed E-state index contributed by atoms with van der Waals surface area (Å²) in [5, 5.41) is 0. The summed E-state index contributed by atoms with van der Waals surface area (Å²) in [6.07, 6.45) is 0. The summed E-state index contributed by atoms with van der Waals surface area (Å²) < 4.78 is 40.6. The molecule has 0 saturated heterocycles. The van der Waals surface area contributed by atoms with Crippen molar-refractivity contribution in [1.82, 2.24) is 4.72 Å². The normalized spacial score (nSPS) is 14.1. The summed E-state index contributed by atoms with van der Waals surface area (Å²) >= 11 is 4.70. The van der Waals surface area contributed by atoms with Crippen LogP contribution in [-0.4, -0.2) is 19.4 Å². The maximum Gasteiger partial charge on any atom is 0.240 e. The van der Waals surface area contributed by atoms with Crippen LogP contribution in [0.1, 0.15) is 33.3 Å². The monoisotopic (exact) mass is 318 g/mol. The van der Waals surface area contributed by atoms with Crippen LogP contribution in [0, 0.1) is 11.2 Å². The molecule has 0 heterocycles. The molecule has 7 heteroatoms. The molecule has 4 nitrogen and oxygen atoms in total. The Bertz CT molecular complexity index is 622. The first-order chi connectivity index (χ1) is 8.95. The topological polar surface area (TPSA) is 72.2 Å². The molecule has 0 aliphatic carbocycles. The van der Waals surface area contributed by atoms with Gasteiger partial charge in [0.25, 0.3) is 0 Å². The number of thiocarbonyl (C=S) groups is 1. The lowest BCUT2D eigenvalue weighted by Crippen LogP contribution is -2.41. The maximum absolute atomic E-state index is 13.5. The lowest BCUT2D eigenvalue weighted by Gasteiger charge is -2.27. The third-order valence-corrected chi connectivity index (χ3v) is 4.90. The molecule has 1 aromatic carbocycles. The number of rotatable bonds is 4. The molecule has 0 spiro atoms. The molecule has 112 valence electrons. The fourth-order valence-electron chi connectivity index (χ4n) is 1.34. The van der Waals surface area contributed by atoms with Gasteiger partial charge >= 0.3 is 0 Å². The van der Waals surface area contributed by atoms with Gasteiger partial charge in [-0.1, -0.05) is 33.0 Å². The number of hydrogen-bond acceptors (Lipinski definition) is 3. The van der Waals surface area contributed by atoms with Gasteiger partial charge in [-0.2, -0.15) is 0 Å². The predicted octanol–water partition coefficient (Wildman–Crippen LogP) is 2.17. The van der Waals surface area contributed by atoms with Crippen molar-refractivity contribution < 1.29 is 12.8 Å². The van der Waals surface area contributed by atoms with Crippen molar-refractivity contribution in [2.75, 3.05) is 0 Å². The number of hydrogen-bond donors (Lipinski definition) is 2. The van der Waals surface area contributed by atoms with Gasteiger partial charge in [-0.25, -0.2) is 17.5 Å². The molecule has 0 aromatic heterocycles. The van der Waals surface area contributed by atoms with Crippen LogP contribution in [0.25, 0.3) is 0 Å². The quantitative estimate of drug-likeness (QED) is 0.835. The van der Waals surface area contributed by atoms with Crippen molar-refractivity contribution in [3.8, 4) is 0 Å². The average Bonchev–Trinajstić information content (AvgIpc) is 2.26. The molecule has 0 aliphatic heterocycles. The SMILES string of the molecule is CC(NS(=O)(=O)c1ccc(F)c(C(N)=S)c1)C(C)(C)C.